The molecule has 0 unspecified atom stereocenters. The van der Waals surface area contributed by atoms with Crippen molar-refractivity contribution in [3.05, 3.63) is 81.0 Å². The largest absolute Gasteiger partial charge is 0.318 e. The molecule has 0 amide bonds. The fraction of sp³-hybridized carbons (Fsp3) is 0.130. The van der Waals surface area contributed by atoms with Gasteiger partial charge in [-0.25, -0.2) is 4.98 Å². The molecule has 0 aliphatic rings. The first-order chi connectivity index (χ1) is 14.0. The Morgan fingerprint density at radius 2 is 1.97 bits per heavy atom. The number of aromatic nitrogens is 2. The van der Waals surface area contributed by atoms with Gasteiger partial charge in [-0.15, -0.1) is 11.3 Å². The van der Waals surface area contributed by atoms with Gasteiger partial charge in [0.15, 0.2) is 4.34 Å². The third-order valence-electron chi connectivity index (χ3n) is 4.75. The van der Waals surface area contributed by atoms with Crippen LogP contribution in [0.4, 0.5) is 0 Å². The molecule has 29 heavy (non-hydrogen) atoms. The fourth-order valence-electron chi connectivity index (χ4n) is 3.27. The van der Waals surface area contributed by atoms with Crippen LogP contribution >= 0.6 is 34.7 Å². The summed E-state index contributed by atoms with van der Waals surface area (Å²) in [5, 5.41) is 10.4. The van der Waals surface area contributed by atoms with Gasteiger partial charge in [0.1, 0.15) is 6.07 Å². The van der Waals surface area contributed by atoms with Crippen LogP contribution in [-0.4, -0.2) is 9.55 Å². The number of hydrogen-bond acceptors (Lipinski definition) is 4. The standard InChI is InChI=1S/C23H18ClN3S2/c1-14-8-9-18(12-20(14)24)27-15(2)10-17(16(27)3)11-19(13-25)28-23-26-21-6-4-5-7-22(21)29-23/h4-12H,1-3H3. The van der Waals surface area contributed by atoms with Crippen molar-refractivity contribution in [3.63, 3.8) is 0 Å². The minimum atomic E-state index is 0.617. The zero-order chi connectivity index (χ0) is 20.5. The maximum atomic E-state index is 9.69. The van der Waals surface area contributed by atoms with Crippen molar-refractivity contribution in [3.8, 4) is 11.8 Å². The maximum absolute atomic E-state index is 9.69. The first kappa shape index (κ1) is 19.8. The average Bonchev–Trinajstić information content (AvgIpc) is 3.23. The van der Waals surface area contributed by atoms with Gasteiger partial charge < -0.3 is 4.57 Å². The molecule has 4 aromatic rings. The van der Waals surface area contributed by atoms with E-state index in [1.54, 1.807) is 11.3 Å². The van der Waals surface area contributed by atoms with Crippen molar-refractivity contribution in [1.29, 1.82) is 5.26 Å². The van der Waals surface area contributed by atoms with Crippen LogP contribution in [0, 0.1) is 32.1 Å². The number of hydrogen-bond donors (Lipinski definition) is 0. The summed E-state index contributed by atoms with van der Waals surface area (Å²) in [6.07, 6.45) is 1.94. The van der Waals surface area contributed by atoms with Crippen LogP contribution in [0.2, 0.25) is 5.02 Å². The van der Waals surface area contributed by atoms with E-state index in [1.807, 2.05) is 49.4 Å². The summed E-state index contributed by atoms with van der Waals surface area (Å²) in [6, 6.07) is 18.5. The number of fused-ring (bicyclic) bond motifs is 1. The van der Waals surface area contributed by atoms with Gasteiger partial charge in [-0.05, 0) is 80.1 Å². The van der Waals surface area contributed by atoms with Crippen LogP contribution in [0.5, 0.6) is 0 Å². The van der Waals surface area contributed by atoms with E-state index in [9.17, 15) is 5.26 Å². The van der Waals surface area contributed by atoms with Crippen LogP contribution in [0.25, 0.3) is 22.0 Å². The highest BCUT2D eigenvalue weighted by molar-refractivity contribution is 8.05. The second kappa shape index (κ2) is 8.08. The fourth-order valence-corrected chi connectivity index (χ4v) is 5.41. The van der Waals surface area contributed by atoms with E-state index >= 15 is 0 Å². The Morgan fingerprint density at radius 3 is 2.69 bits per heavy atom. The zero-order valence-electron chi connectivity index (χ0n) is 16.2. The zero-order valence-corrected chi connectivity index (χ0v) is 18.6. The number of halogens is 1. The third-order valence-corrected chi connectivity index (χ3v) is 7.19. The predicted molar refractivity (Wildman–Crippen MR) is 124 cm³/mol. The summed E-state index contributed by atoms with van der Waals surface area (Å²) in [5.41, 5.74) is 6.22. The third kappa shape index (κ3) is 3.97. The van der Waals surface area contributed by atoms with Crippen LogP contribution in [0.15, 0.2) is 57.8 Å². The van der Waals surface area contributed by atoms with Gasteiger partial charge in [-0.2, -0.15) is 5.26 Å². The molecule has 6 heteroatoms. The molecule has 0 saturated heterocycles. The second-order valence-corrected chi connectivity index (χ2v) is 9.49. The Hall–Kier alpha value is -2.52. The smallest absolute Gasteiger partial charge is 0.156 e. The Bertz CT molecular complexity index is 1260. The van der Waals surface area contributed by atoms with Gasteiger partial charge in [-0.3, -0.25) is 0 Å². The van der Waals surface area contributed by atoms with Gasteiger partial charge in [0.05, 0.1) is 15.1 Å². The van der Waals surface area contributed by atoms with Crippen molar-refractivity contribution >= 4 is 51.0 Å². The first-order valence-corrected chi connectivity index (χ1v) is 11.1. The van der Waals surface area contributed by atoms with Crippen LogP contribution in [0.1, 0.15) is 22.5 Å². The lowest BCUT2D eigenvalue weighted by molar-refractivity contribution is 0.963. The van der Waals surface area contributed by atoms with Gasteiger partial charge in [0.2, 0.25) is 0 Å². The molecule has 144 valence electrons. The molecule has 0 radical (unpaired) electrons. The molecular weight excluding hydrogens is 418 g/mol. The van der Waals surface area contributed by atoms with Gasteiger partial charge in [-0.1, -0.05) is 29.8 Å². The number of nitrogens with zero attached hydrogens (tertiary/aromatic N) is 3. The van der Waals surface area contributed by atoms with E-state index in [2.05, 4.69) is 41.6 Å². The molecule has 0 N–H and O–H groups in total. The van der Waals surface area contributed by atoms with E-state index in [4.69, 9.17) is 11.6 Å². The molecule has 0 bridgehead atoms. The Morgan fingerprint density at radius 1 is 1.17 bits per heavy atom. The van der Waals surface area contributed by atoms with Crippen LogP contribution in [-0.2, 0) is 0 Å². The predicted octanol–water partition coefficient (Wildman–Crippen LogP) is 7.32. The number of allylic oxidation sites excluding steroid dienone is 1. The summed E-state index contributed by atoms with van der Waals surface area (Å²) in [5.74, 6) is 0. The van der Waals surface area contributed by atoms with Gasteiger partial charge in [0, 0.05) is 22.1 Å². The van der Waals surface area contributed by atoms with E-state index in [1.165, 1.54) is 11.8 Å². The summed E-state index contributed by atoms with van der Waals surface area (Å²) < 4.78 is 4.16. The molecular formula is C23H18ClN3S2. The molecule has 0 spiro atoms. The summed E-state index contributed by atoms with van der Waals surface area (Å²) in [4.78, 5) is 5.24. The number of aryl methyl sites for hydroxylation is 2. The topological polar surface area (TPSA) is 41.6 Å². The Kier molecular flexibility index (Phi) is 5.51. The van der Waals surface area contributed by atoms with E-state index in [0.717, 1.165) is 47.8 Å². The van der Waals surface area contributed by atoms with Gasteiger partial charge >= 0.3 is 0 Å². The second-order valence-electron chi connectivity index (χ2n) is 6.77. The molecule has 0 aliphatic heterocycles. The molecule has 3 nitrogen and oxygen atoms in total. The Balaban J connectivity index is 1.69. The summed E-state index contributed by atoms with van der Waals surface area (Å²) >= 11 is 9.34. The number of nitriles is 1. The summed E-state index contributed by atoms with van der Waals surface area (Å²) in [7, 11) is 0. The minimum absolute atomic E-state index is 0.617. The number of thioether (sulfide) groups is 1. The molecule has 2 heterocycles. The van der Waals surface area contributed by atoms with Gasteiger partial charge in [0.25, 0.3) is 0 Å². The van der Waals surface area contributed by atoms with Crippen molar-refractivity contribution in [2.24, 2.45) is 0 Å². The average molecular weight is 436 g/mol. The van der Waals surface area contributed by atoms with Crippen molar-refractivity contribution in [2.75, 3.05) is 0 Å². The normalized spacial score (nSPS) is 11.8. The molecule has 0 fully saturated rings. The first-order valence-electron chi connectivity index (χ1n) is 9.07. The van der Waals surface area contributed by atoms with Crippen LogP contribution < -0.4 is 0 Å². The molecule has 0 atom stereocenters. The number of rotatable bonds is 4. The lowest BCUT2D eigenvalue weighted by Gasteiger charge is -2.11. The maximum Gasteiger partial charge on any atom is 0.156 e. The Labute approximate surface area is 183 Å². The monoisotopic (exact) mass is 435 g/mol. The molecule has 2 aromatic heterocycles. The quantitative estimate of drug-likeness (QED) is 0.249. The molecule has 0 saturated carbocycles. The lowest BCUT2D eigenvalue weighted by Crippen LogP contribution is -1.99. The van der Waals surface area contributed by atoms with Crippen molar-refractivity contribution < 1.29 is 0 Å². The number of benzene rings is 2. The highest BCUT2D eigenvalue weighted by atomic mass is 35.5. The van der Waals surface area contributed by atoms with Crippen molar-refractivity contribution in [2.45, 2.75) is 25.1 Å². The van der Waals surface area contributed by atoms with Crippen molar-refractivity contribution in [1.82, 2.24) is 9.55 Å². The number of thiazole rings is 1. The molecule has 0 aliphatic carbocycles. The SMILES string of the molecule is Cc1ccc(-n2c(C)cc(C=C(C#N)Sc3nc4ccccc4s3)c2C)cc1Cl. The van der Waals surface area contributed by atoms with E-state index < -0.39 is 0 Å². The minimum Gasteiger partial charge on any atom is -0.318 e. The van der Waals surface area contributed by atoms with E-state index in [-0.39, 0.29) is 0 Å². The molecule has 4 rings (SSSR count). The van der Waals surface area contributed by atoms with Crippen LogP contribution in [0.3, 0.4) is 0 Å². The molecule has 2 aromatic carbocycles. The van der Waals surface area contributed by atoms with E-state index in [0.29, 0.717) is 4.91 Å². The highest BCUT2D eigenvalue weighted by Gasteiger charge is 2.13. The lowest BCUT2D eigenvalue weighted by atomic mass is 10.2. The summed E-state index contributed by atoms with van der Waals surface area (Å²) in [6.45, 7) is 6.11. The number of para-hydroxylation sites is 1. The highest BCUT2D eigenvalue weighted by Crippen LogP contribution is 2.35.